The average molecular weight is 534 g/mol. The molecule has 0 aromatic heterocycles. The Hall–Kier alpha value is -0.820. The fourth-order valence-electron chi connectivity index (χ4n) is 6.92. The Morgan fingerprint density at radius 2 is 1.85 bits per heavy atom. The molecule has 0 unspecified atom stereocenters. The Kier molecular flexibility index (Phi) is 7.65. The lowest BCUT2D eigenvalue weighted by atomic mass is 9.53. The minimum Gasteiger partial charge on any atom is -0.410 e. The largest absolute Gasteiger partial charge is 0.470 e. The summed E-state index contributed by atoms with van der Waals surface area (Å²) in [5.41, 5.74) is 1.43. The van der Waals surface area contributed by atoms with Gasteiger partial charge in [0.05, 0.1) is 5.60 Å². The quantitative estimate of drug-likeness (QED) is 0.345. The third-order valence-electron chi connectivity index (χ3n) is 8.72. The fraction of sp³-hybridized carbons (Fsp3) is 0.708. The van der Waals surface area contributed by atoms with Crippen molar-refractivity contribution in [2.24, 2.45) is 17.3 Å². The number of carbonyl (C=O) groups is 1. The van der Waals surface area contributed by atoms with E-state index >= 15 is 0 Å². The number of amides is 1. The maximum absolute atomic E-state index is 12.5. The van der Waals surface area contributed by atoms with Gasteiger partial charge in [0.15, 0.2) is 0 Å². The van der Waals surface area contributed by atoms with Crippen molar-refractivity contribution < 1.29 is 28.4 Å². The number of nitrogens with zero attached hydrogens (tertiary/aromatic N) is 1. The molecular formula is C24H34Cl2NO6P. The van der Waals surface area contributed by atoms with E-state index in [9.17, 15) is 19.1 Å². The molecule has 0 bridgehead atoms. The van der Waals surface area contributed by atoms with E-state index in [4.69, 9.17) is 32.5 Å². The highest BCUT2D eigenvalue weighted by Crippen LogP contribution is 2.67. The molecule has 1 amide bonds. The topological polar surface area (TPSA) is 96.3 Å². The zero-order valence-electron chi connectivity index (χ0n) is 19.7. The highest BCUT2D eigenvalue weighted by molar-refractivity contribution is 7.46. The molecule has 2 saturated carbocycles. The molecule has 0 saturated heterocycles. The van der Waals surface area contributed by atoms with Crippen LogP contribution in [0.3, 0.4) is 0 Å². The highest BCUT2D eigenvalue weighted by atomic mass is 35.5. The van der Waals surface area contributed by atoms with Crippen molar-refractivity contribution in [2.75, 3.05) is 24.8 Å². The van der Waals surface area contributed by atoms with Crippen LogP contribution in [0.2, 0.25) is 0 Å². The second-order valence-electron chi connectivity index (χ2n) is 10.3. The number of aryl methyl sites for hydroxylation is 1. The molecule has 4 rings (SSSR count). The standard InChI is InChI=1S/C24H34Cl2NO6P/c1-23-9-7-19-18-6-4-17(32-22(28)27(13-11-25)14-12-26)15-16(18)3-5-20(19)21(23)8-10-24(23,2)33-34(29,30)31/h4,6,15,19-21H,3,5,7-14H2,1-2H3,(H2,29,30,31)/t19-,20-,21+,23+,24+/m1/s1. The van der Waals surface area contributed by atoms with Crippen LogP contribution in [-0.2, 0) is 15.5 Å². The van der Waals surface area contributed by atoms with Crippen LogP contribution in [0.1, 0.15) is 63.0 Å². The molecule has 3 aliphatic carbocycles. The normalized spacial score (nSPS) is 32.5. The van der Waals surface area contributed by atoms with Gasteiger partial charge in [-0.15, -0.1) is 23.2 Å². The van der Waals surface area contributed by atoms with Gasteiger partial charge >= 0.3 is 13.9 Å². The lowest BCUT2D eigenvalue weighted by molar-refractivity contribution is -0.0848. The van der Waals surface area contributed by atoms with Crippen LogP contribution in [0.25, 0.3) is 0 Å². The van der Waals surface area contributed by atoms with Crippen LogP contribution in [0.5, 0.6) is 5.75 Å². The van der Waals surface area contributed by atoms with E-state index in [-0.39, 0.29) is 5.41 Å². The number of benzene rings is 1. The molecule has 5 atom stereocenters. The van der Waals surface area contributed by atoms with Gasteiger partial charge in [-0.3, -0.25) is 4.52 Å². The van der Waals surface area contributed by atoms with E-state index in [1.54, 1.807) is 0 Å². The molecule has 1 aromatic rings. The summed E-state index contributed by atoms with van der Waals surface area (Å²) in [7, 11) is -4.57. The van der Waals surface area contributed by atoms with E-state index < -0.39 is 19.5 Å². The first kappa shape index (κ1) is 26.2. The van der Waals surface area contributed by atoms with Gasteiger partial charge in [0.2, 0.25) is 0 Å². The van der Waals surface area contributed by atoms with Gasteiger partial charge in [-0.25, -0.2) is 9.36 Å². The first-order valence-electron chi connectivity index (χ1n) is 12.0. The van der Waals surface area contributed by atoms with Gasteiger partial charge in [-0.1, -0.05) is 13.0 Å². The first-order chi connectivity index (χ1) is 16.0. The number of halogens is 2. The molecule has 0 aliphatic heterocycles. The monoisotopic (exact) mass is 533 g/mol. The summed E-state index contributed by atoms with van der Waals surface area (Å²) in [5.74, 6) is 2.36. The number of carbonyl (C=O) groups excluding carboxylic acids is 1. The van der Waals surface area contributed by atoms with E-state index in [2.05, 4.69) is 13.0 Å². The minimum absolute atomic E-state index is 0.267. The van der Waals surface area contributed by atoms with E-state index in [1.807, 2.05) is 19.1 Å². The molecule has 10 heteroatoms. The SMILES string of the molecule is C[C@]12CC[C@@H]3c4ccc(OC(=O)N(CCCl)CCCl)cc4CC[C@H]3[C@@H]1CC[C@]2(C)OP(=O)(O)O. The summed E-state index contributed by atoms with van der Waals surface area (Å²) in [5, 5.41) is 0. The molecule has 3 aliphatic rings. The number of hydrogen-bond acceptors (Lipinski definition) is 4. The molecule has 1 aromatic carbocycles. The molecule has 0 spiro atoms. The third kappa shape index (κ3) is 4.89. The first-order valence-corrected chi connectivity index (χ1v) is 14.6. The minimum atomic E-state index is -4.57. The van der Waals surface area contributed by atoms with Gasteiger partial charge in [0.1, 0.15) is 5.75 Å². The number of rotatable bonds is 7. The van der Waals surface area contributed by atoms with Crippen molar-refractivity contribution in [3.05, 3.63) is 29.3 Å². The smallest absolute Gasteiger partial charge is 0.410 e. The Labute approximate surface area is 211 Å². The summed E-state index contributed by atoms with van der Waals surface area (Å²) < 4.78 is 22.7. The van der Waals surface area contributed by atoms with Crippen LogP contribution in [0.15, 0.2) is 18.2 Å². The molecule has 2 N–H and O–H groups in total. The van der Waals surface area contributed by atoms with Gasteiger partial charge in [-0.05, 0) is 86.5 Å². The van der Waals surface area contributed by atoms with Crippen molar-refractivity contribution in [1.29, 1.82) is 0 Å². The van der Waals surface area contributed by atoms with Gasteiger partial charge in [-0.2, -0.15) is 0 Å². The average Bonchev–Trinajstić information content (AvgIpc) is 3.02. The second-order valence-corrected chi connectivity index (χ2v) is 12.2. The van der Waals surface area contributed by atoms with Crippen molar-refractivity contribution in [3.63, 3.8) is 0 Å². The Morgan fingerprint density at radius 3 is 2.50 bits per heavy atom. The number of hydrogen-bond donors (Lipinski definition) is 2. The predicted octanol–water partition coefficient (Wildman–Crippen LogP) is 5.69. The summed E-state index contributed by atoms with van der Waals surface area (Å²) in [4.78, 5) is 33.1. The maximum atomic E-state index is 12.5. The Balaban J connectivity index is 1.51. The van der Waals surface area contributed by atoms with Crippen molar-refractivity contribution in [2.45, 2.75) is 63.9 Å². The Bertz CT molecular complexity index is 967. The summed E-state index contributed by atoms with van der Waals surface area (Å²) in [6, 6.07) is 5.93. The number of alkyl halides is 2. The fourth-order valence-corrected chi connectivity index (χ4v) is 8.16. The van der Waals surface area contributed by atoms with Gasteiger partial charge < -0.3 is 19.4 Å². The number of phosphoric ester groups is 1. The summed E-state index contributed by atoms with van der Waals surface area (Å²) in [6.45, 7) is 4.79. The molecule has 2 fully saturated rings. The molecule has 0 radical (unpaired) electrons. The molecule has 7 nitrogen and oxygen atoms in total. The van der Waals surface area contributed by atoms with E-state index in [0.717, 1.165) is 32.1 Å². The second kappa shape index (κ2) is 9.91. The Morgan fingerprint density at radius 1 is 1.15 bits per heavy atom. The maximum Gasteiger partial charge on any atom is 0.470 e. The summed E-state index contributed by atoms with van der Waals surface area (Å²) >= 11 is 11.6. The van der Waals surface area contributed by atoms with Gasteiger partial charge in [0, 0.05) is 30.3 Å². The van der Waals surface area contributed by atoms with Crippen LogP contribution >= 0.6 is 31.0 Å². The highest BCUT2D eigenvalue weighted by Gasteiger charge is 2.62. The third-order valence-corrected chi connectivity index (χ3v) is 9.70. The summed E-state index contributed by atoms with van der Waals surface area (Å²) in [6.07, 6.45) is 4.82. The van der Waals surface area contributed by atoms with Crippen LogP contribution in [0, 0.1) is 17.3 Å². The van der Waals surface area contributed by atoms with Crippen LogP contribution < -0.4 is 4.74 Å². The lowest BCUT2D eigenvalue weighted by Crippen LogP contribution is -2.50. The number of fused-ring (bicyclic) bond motifs is 5. The number of ether oxygens (including phenoxy) is 1. The van der Waals surface area contributed by atoms with Crippen molar-refractivity contribution in [1.82, 2.24) is 4.90 Å². The number of phosphoric acid groups is 1. The molecule has 190 valence electrons. The molecule has 0 heterocycles. The van der Waals surface area contributed by atoms with Gasteiger partial charge in [0.25, 0.3) is 0 Å². The van der Waals surface area contributed by atoms with Crippen molar-refractivity contribution in [3.8, 4) is 5.75 Å². The lowest BCUT2D eigenvalue weighted by Gasteiger charge is -2.53. The zero-order chi connectivity index (χ0) is 24.7. The molecular weight excluding hydrogens is 500 g/mol. The van der Waals surface area contributed by atoms with E-state index in [1.165, 1.54) is 16.0 Å². The van der Waals surface area contributed by atoms with Crippen LogP contribution in [0.4, 0.5) is 4.79 Å². The van der Waals surface area contributed by atoms with Crippen molar-refractivity contribution >= 4 is 37.1 Å². The molecule has 34 heavy (non-hydrogen) atoms. The predicted molar refractivity (Wildman–Crippen MR) is 132 cm³/mol. The van der Waals surface area contributed by atoms with Crippen LogP contribution in [-0.4, -0.2) is 51.2 Å². The zero-order valence-corrected chi connectivity index (χ0v) is 22.1. The van der Waals surface area contributed by atoms with E-state index in [0.29, 0.717) is 54.8 Å².